The number of phenols is 10. The predicted octanol–water partition coefficient (Wildman–Crippen LogP) is 6.02. The van der Waals surface area contributed by atoms with Crippen molar-refractivity contribution in [3.8, 4) is 115 Å². The summed E-state index contributed by atoms with van der Waals surface area (Å²) in [5.74, 6) is -9.54. The van der Waals surface area contributed by atoms with Crippen molar-refractivity contribution in [3.63, 3.8) is 0 Å². The van der Waals surface area contributed by atoms with Crippen LogP contribution in [-0.2, 0) is 0 Å². The highest BCUT2D eigenvalue weighted by atomic mass is 16.6. The quantitative estimate of drug-likeness (QED) is 0.0956. The predicted molar refractivity (Wildman–Crippen MR) is 149 cm³/mol. The molecule has 0 aromatic heterocycles. The molecule has 1 heterocycles. The number of ether oxygens (including phenoxy) is 5. The summed E-state index contributed by atoms with van der Waals surface area (Å²) in [5, 5.41) is 102. The lowest BCUT2D eigenvalue weighted by Crippen LogP contribution is -2.01. The van der Waals surface area contributed by atoms with Crippen LogP contribution in [-0.4, -0.2) is 51.1 Å². The Morgan fingerprint density at radius 1 is 0.378 bits per heavy atom. The first-order chi connectivity index (χ1) is 21.4. The van der Waals surface area contributed by atoms with E-state index in [1.54, 1.807) is 0 Å². The van der Waals surface area contributed by atoms with Crippen molar-refractivity contribution in [2.24, 2.45) is 0 Å². The molecular weight excluding hydrogens is 600 g/mol. The van der Waals surface area contributed by atoms with Gasteiger partial charge in [-0.25, -0.2) is 0 Å². The molecule has 1 aliphatic rings. The summed E-state index contributed by atoms with van der Waals surface area (Å²) in [6, 6.07) is 10.6. The van der Waals surface area contributed by atoms with Crippen LogP contribution in [0.4, 0.5) is 0 Å². The van der Waals surface area contributed by atoms with Gasteiger partial charge < -0.3 is 74.7 Å². The number of hydrogen-bond acceptors (Lipinski definition) is 15. The fourth-order valence-corrected chi connectivity index (χ4v) is 4.29. The van der Waals surface area contributed by atoms with Gasteiger partial charge in [0.15, 0.2) is 34.5 Å². The maximum absolute atomic E-state index is 10.8. The second kappa shape index (κ2) is 10.4. The van der Waals surface area contributed by atoms with Gasteiger partial charge in [0, 0.05) is 60.7 Å². The molecule has 15 nitrogen and oxygen atoms in total. The number of benzene rings is 5. The van der Waals surface area contributed by atoms with Gasteiger partial charge in [-0.05, 0) is 0 Å². The fraction of sp³-hybridized carbons (Fsp3) is 0. The highest BCUT2D eigenvalue weighted by Crippen LogP contribution is 2.61. The maximum atomic E-state index is 10.8. The number of hydrogen-bond donors (Lipinski definition) is 10. The van der Waals surface area contributed by atoms with E-state index in [4.69, 9.17) is 23.7 Å². The number of phenolic OH excluding ortho intramolecular Hbond substituents is 10. The average molecular weight is 620 g/mol. The Labute approximate surface area is 250 Å². The third-order valence-corrected chi connectivity index (χ3v) is 6.18. The molecule has 0 spiro atoms. The van der Waals surface area contributed by atoms with E-state index in [9.17, 15) is 51.1 Å². The molecule has 1 aliphatic heterocycles. The summed E-state index contributed by atoms with van der Waals surface area (Å²) < 4.78 is 27.5. The average Bonchev–Trinajstić information content (AvgIpc) is 2.94. The van der Waals surface area contributed by atoms with Crippen LogP contribution in [0.3, 0.4) is 0 Å². The van der Waals surface area contributed by atoms with E-state index in [-0.39, 0.29) is 51.7 Å². The van der Waals surface area contributed by atoms with Crippen molar-refractivity contribution < 1.29 is 74.7 Å². The van der Waals surface area contributed by atoms with Crippen LogP contribution in [0.2, 0.25) is 0 Å². The summed E-state index contributed by atoms with van der Waals surface area (Å²) in [4.78, 5) is 0. The smallest absolute Gasteiger partial charge is 0.215 e. The molecule has 0 atom stereocenters. The standard InChI is InChI=1S/C30H20O15/c31-11-1-12(32)4-15(3-11)41-17-7-18(35)27(19(36)8-17)43-21-10-23-29(25(39)24(21)38)44-22-9-20(37)28(26(40)30(22)45-23)42-16-5-13(33)2-14(34)6-16/h1-10,31-40H. The van der Waals surface area contributed by atoms with E-state index in [0.29, 0.717) is 0 Å². The first-order valence-electron chi connectivity index (χ1n) is 12.6. The van der Waals surface area contributed by atoms with Crippen LogP contribution in [0.25, 0.3) is 0 Å². The molecule has 0 saturated carbocycles. The van der Waals surface area contributed by atoms with E-state index in [2.05, 4.69) is 0 Å². The summed E-state index contributed by atoms with van der Waals surface area (Å²) >= 11 is 0. The van der Waals surface area contributed by atoms with Gasteiger partial charge >= 0.3 is 0 Å². The van der Waals surface area contributed by atoms with Crippen molar-refractivity contribution in [1.82, 2.24) is 0 Å². The summed E-state index contributed by atoms with van der Waals surface area (Å²) in [6.45, 7) is 0. The second-order valence-electron chi connectivity index (χ2n) is 9.47. The molecule has 10 N–H and O–H groups in total. The van der Waals surface area contributed by atoms with Crippen LogP contribution < -0.4 is 23.7 Å². The van der Waals surface area contributed by atoms with Crippen molar-refractivity contribution >= 4 is 0 Å². The summed E-state index contributed by atoms with van der Waals surface area (Å²) in [5.41, 5.74) is 0. The third kappa shape index (κ3) is 5.27. The van der Waals surface area contributed by atoms with Crippen molar-refractivity contribution in [3.05, 3.63) is 60.7 Å². The molecule has 0 unspecified atom stereocenters. The maximum Gasteiger partial charge on any atom is 0.215 e. The van der Waals surface area contributed by atoms with Crippen LogP contribution in [0, 0.1) is 0 Å². The number of aromatic hydroxyl groups is 10. The van der Waals surface area contributed by atoms with Gasteiger partial charge in [0.25, 0.3) is 0 Å². The minimum absolute atomic E-state index is 0.0279. The third-order valence-electron chi connectivity index (χ3n) is 6.18. The molecule has 15 heteroatoms. The summed E-state index contributed by atoms with van der Waals surface area (Å²) in [6.07, 6.45) is 0. The molecule has 0 fully saturated rings. The van der Waals surface area contributed by atoms with E-state index in [1.807, 2.05) is 0 Å². The fourth-order valence-electron chi connectivity index (χ4n) is 4.29. The molecule has 230 valence electrons. The molecular formula is C30H20O15. The SMILES string of the molecule is Oc1cc(O)cc(Oc2cc(O)c(Oc3cc4c(c(O)c3O)Oc3cc(O)c(Oc5cc(O)cc(O)c5)c(O)c3O4)c(O)c2)c1. The zero-order valence-corrected chi connectivity index (χ0v) is 22.3. The van der Waals surface area contributed by atoms with Gasteiger partial charge in [-0.2, -0.15) is 0 Å². The Kier molecular flexibility index (Phi) is 6.54. The monoisotopic (exact) mass is 620 g/mol. The van der Waals surface area contributed by atoms with Gasteiger partial charge in [0.05, 0.1) is 0 Å². The van der Waals surface area contributed by atoms with Crippen molar-refractivity contribution in [2.45, 2.75) is 0 Å². The normalized spacial score (nSPS) is 11.5. The second-order valence-corrected chi connectivity index (χ2v) is 9.47. The Morgan fingerprint density at radius 2 is 0.822 bits per heavy atom. The Balaban J connectivity index is 1.30. The van der Waals surface area contributed by atoms with Gasteiger partial charge in [-0.1, -0.05) is 0 Å². The summed E-state index contributed by atoms with van der Waals surface area (Å²) in [7, 11) is 0. The van der Waals surface area contributed by atoms with Gasteiger partial charge in [0.2, 0.25) is 40.2 Å². The molecule has 0 saturated heterocycles. The first kappa shape index (κ1) is 28.2. The number of rotatable bonds is 6. The van der Waals surface area contributed by atoms with Gasteiger partial charge in [-0.15, -0.1) is 0 Å². The van der Waals surface area contributed by atoms with Gasteiger partial charge in [0.1, 0.15) is 40.2 Å². The lowest BCUT2D eigenvalue weighted by molar-refractivity contribution is 0.294. The Morgan fingerprint density at radius 3 is 1.38 bits per heavy atom. The first-order valence-corrected chi connectivity index (χ1v) is 12.6. The lowest BCUT2D eigenvalue weighted by atomic mass is 10.2. The van der Waals surface area contributed by atoms with Crippen LogP contribution in [0.5, 0.6) is 115 Å². The van der Waals surface area contributed by atoms with E-state index < -0.39 is 63.2 Å². The number of fused-ring (bicyclic) bond motifs is 2. The van der Waals surface area contributed by atoms with Crippen LogP contribution >= 0.6 is 0 Å². The minimum Gasteiger partial charge on any atom is -0.508 e. The highest BCUT2D eigenvalue weighted by molar-refractivity contribution is 5.74. The zero-order chi connectivity index (χ0) is 32.2. The molecule has 0 aliphatic carbocycles. The molecule has 5 aromatic rings. The van der Waals surface area contributed by atoms with Gasteiger partial charge in [-0.3, -0.25) is 0 Å². The van der Waals surface area contributed by atoms with Crippen LogP contribution in [0.15, 0.2) is 60.7 Å². The molecule has 45 heavy (non-hydrogen) atoms. The van der Waals surface area contributed by atoms with Crippen molar-refractivity contribution in [2.75, 3.05) is 0 Å². The highest BCUT2D eigenvalue weighted by Gasteiger charge is 2.33. The molecule has 0 bridgehead atoms. The minimum atomic E-state index is -0.912. The Bertz CT molecular complexity index is 1940. The largest absolute Gasteiger partial charge is 0.508 e. The van der Waals surface area contributed by atoms with E-state index in [0.717, 1.165) is 60.7 Å². The zero-order valence-electron chi connectivity index (χ0n) is 22.3. The Hall–Kier alpha value is -6.90. The molecule has 0 amide bonds. The van der Waals surface area contributed by atoms with Crippen molar-refractivity contribution in [1.29, 1.82) is 0 Å². The molecule has 5 aromatic carbocycles. The molecule has 6 rings (SSSR count). The van der Waals surface area contributed by atoms with Crippen LogP contribution in [0.1, 0.15) is 0 Å². The molecule has 0 radical (unpaired) electrons. The van der Waals surface area contributed by atoms with E-state index in [1.165, 1.54) is 0 Å². The van der Waals surface area contributed by atoms with E-state index >= 15 is 0 Å². The lowest BCUT2D eigenvalue weighted by Gasteiger charge is -2.24. The topological polar surface area (TPSA) is 248 Å².